The molecule has 126 valence electrons. The molecule has 25 heavy (non-hydrogen) atoms. The van der Waals surface area contributed by atoms with Gasteiger partial charge in [0.25, 0.3) is 10.0 Å². The van der Waals surface area contributed by atoms with E-state index in [0.717, 1.165) is 4.88 Å². The highest BCUT2D eigenvalue weighted by molar-refractivity contribution is 7.90. The first-order chi connectivity index (χ1) is 12.1. The molecule has 0 fully saturated rings. The SMILES string of the molecule is O=S(=O)(c1ccc(Cl)cc1)n1c(Cc2cccs2)nc2ccccc21. The number of rotatable bonds is 4. The van der Waals surface area contributed by atoms with E-state index >= 15 is 0 Å². The van der Waals surface area contributed by atoms with Gasteiger partial charge >= 0.3 is 0 Å². The Kier molecular flexibility index (Phi) is 4.11. The molecule has 0 aliphatic carbocycles. The smallest absolute Gasteiger partial charge is 0.232 e. The maximum absolute atomic E-state index is 13.3. The Morgan fingerprint density at radius 1 is 1.00 bits per heavy atom. The van der Waals surface area contributed by atoms with Crippen molar-refractivity contribution in [3.8, 4) is 0 Å². The van der Waals surface area contributed by atoms with Gasteiger partial charge in [-0.2, -0.15) is 0 Å². The van der Waals surface area contributed by atoms with Crippen LogP contribution in [0.2, 0.25) is 5.02 Å². The minimum absolute atomic E-state index is 0.187. The molecule has 2 aromatic carbocycles. The number of halogens is 1. The molecule has 0 spiro atoms. The molecule has 0 radical (unpaired) electrons. The molecule has 7 heteroatoms. The molecular formula is C18H13ClN2O2S2. The van der Waals surface area contributed by atoms with E-state index in [2.05, 4.69) is 4.98 Å². The third kappa shape index (κ3) is 2.97. The van der Waals surface area contributed by atoms with Crippen LogP contribution >= 0.6 is 22.9 Å². The van der Waals surface area contributed by atoms with Crippen LogP contribution in [-0.4, -0.2) is 17.4 Å². The summed E-state index contributed by atoms with van der Waals surface area (Å²) < 4.78 is 27.8. The molecule has 0 saturated carbocycles. The van der Waals surface area contributed by atoms with Gasteiger partial charge in [-0.05, 0) is 47.8 Å². The molecule has 2 aromatic heterocycles. The molecule has 4 rings (SSSR count). The highest BCUT2D eigenvalue weighted by atomic mass is 35.5. The molecule has 0 atom stereocenters. The molecule has 2 heterocycles. The molecule has 0 bridgehead atoms. The molecule has 4 aromatic rings. The van der Waals surface area contributed by atoms with Crippen molar-refractivity contribution >= 4 is 44.0 Å². The van der Waals surface area contributed by atoms with E-state index < -0.39 is 10.0 Å². The highest BCUT2D eigenvalue weighted by Gasteiger charge is 2.24. The van der Waals surface area contributed by atoms with Gasteiger partial charge in [-0.3, -0.25) is 0 Å². The van der Waals surface area contributed by atoms with Gasteiger partial charge in [-0.15, -0.1) is 11.3 Å². The molecule has 0 aliphatic heterocycles. The van der Waals surface area contributed by atoms with Crippen LogP contribution in [0.4, 0.5) is 0 Å². The van der Waals surface area contributed by atoms with Crippen molar-refractivity contribution < 1.29 is 8.42 Å². The zero-order valence-electron chi connectivity index (χ0n) is 13.0. The van der Waals surface area contributed by atoms with E-state index in [1.807, 2.05) is 35.7 Å². The third-order valence-corrected chi connectivity index (χ3v) is 6.73. The summed E-state index contributed by atoms with van der Waals surface area (Å²) in [5.41, 5.74) is 1.23. The maximum Gasteiger partial charge on any atom is 0.269 e. The molecule has 0 saturated heterocycles. The van der Waals surface area contributed by atoms with Crippen LogP contribution < -0.4 is 0 Å². The van der Waals surface area contributed by atoms with E-state index in [1.165, 1.54) is 16.1 Å². The second kappa shape index (κ2) is 6.29. The van der Waals surface area contributed by atoms with Crippen molar-refractivity contribution in [3.63, 3.8) is 0 Å². The number of aromatic nitrogens is 2. The number of nitrogens with zero attached hydrogens (tertiary/aromatic N) is 2. The standard InChI is InChI=1S/C18H13ClN2O2S2/c19-13-7-9-15(10-8-13)25(22,23)21-17-6-2-1-5-16(17)20-18(21)12-14-4-3-11-24-14/h1-11H,12H2. The average Bonchev–Trinajstić information content (AvgIpc) is 3.22. The first-order valence-corrected chi connectivity index (χ1v) is 10.3. The monoisotopic (exact) mass is 388 g/mol. The number of fused-ring (bicyclic) bond motifs is 1. The number of imidazole rings is 1. The average molecular weight is 389 g/mol. The van der Waals surface area contributed by atoms with E-state index in [1.54, 1.807) is 29.5 Å². The summed E-state index contributed by atoms with van der Waals surface area (Å²) in [6, 6.07) is 17.4. The summed E-state index contributed by atoms with van der Waals surface area (Å²) in [6.07, 6.45) is 0.458. The largest absolute Gasteiger partial charge is 0.269 e. The van der Waals surface area contributed by atoms with Gasteiger partial charge in [-0.25, -0.2) is 17.4 Å². The van der Waals surface area contributed by atoms with E-state index in [9.17, 15) is 8.42 Å². The zero-order valence-corrected chi connectivity index (χ0v) is 15.4. The number of benzene rings is 2. The predicted octanol–water partition coefficient (Wildman–Crippen LogP) is 4.58. The minimum Gasteiger partial charge on any atom is -0.232 e. The van der Waals surface area contributed by atoms with Crippen molar-refractivity contribution in [2.75, 3.05) is 0 Å². The van der Waals surface area contributed by atoms with Gasteiger partial charge < -0.3 is 0 Å². The summed E-state index contributed by atoms with van der Waals surface area (Å²) >= 11 is 7.47. The van der Waals surface area contributed by atoms with Crippen LogP contribution in [0.15, 0.2) is 70.9 Å². The van der Waals surface area contributed by atoms with Crippen molar-refractivity contribution in [1.29, 1.82) is 0 Å². The van der Waals surface area contributed by atoms with Gasteiger partial charge in [0.1, 0.15) is 5.82 Å². The molecule has 0 unspecified atom stereocenters. The summed E-state index contributed by atoms with van der Waals surface area (Å²) in [7, 11) is -3.77. The number of thiophene rings is 1. The van der Waals surface area contributed by atoms with E-state index in [0.29, 0.717) is 28.3 Å². The lowest BCUT2D eigenvalue weighted by molar-refractivity contribution is 0.586. The first kappa shape index (κ1) is 16.3. The fourth-order valence-electron chi connectivity index (χ4n) is 2.71. The predicted molar refractivity (Wildman–Crippen MR) is 101 cm³/mol. The Balaban J connectivity index is 1.94. The lowest BCUT2D eigenvalue weighted by Crippen LogP contribution is -2.16. The Bertz CT molecular complexity index is 1130. The number of hydrogen-bond donors (Lipinski definition) is 0. The Morgan fingerprint density at radius 2 is 1.76 bits per heavy atom. The fraction of sp³-hybridized carbons (Fsp3) is 0.0556. The Labute approximate surface area is 154 Å². The van der Waals surface area contributed by atoms with Crippen LogP contribution in [0, 0.1) is 0 Å². The maximum atomic E-state index is 13.3. The number of hydrogen-bond acceptors (Lipinski definition) is 4. The van der Waals surface area contributed by atoms with Crippen LogP contribution in [0.5, 0.6) is 0 Å². The van der Waals surface area contributed by atoms with Crippen LogP contribution in [-0.2, 0) is 16.4 Å². The molecule has 0 aliphatic rings. The van der Waals surface area contributed by atoms with Gasteiger partial charge in [0.15, 0.2) is 0 Å². The second-order valence-corrected chi connectivity index (χ2v) is 8.75. The summed E-state index contributed by atoms with van der Waals surface area (Å²) in [5.74, 6) is 0.499. The third-order valence-electron chi connectivity index (χ3n) is 3.85. The second-order valence-electron chi connectivity index (χ2n) is 5.50. The van der Waals surface area contributed by atoms with Crippen molar-refractivity contribution in [2.45, 2.75) is 11.3 Å². The fourth-order valence-corrected chi connectivity index (χ4v) is 5.03. The minimum atomic E-state index is -3.77. The summed E-state index contributed by atoms with van der Waals surface area (Å²) in [4.78, 5) is 5.81. The number of para-hydroxylation sites is 2. The van der Waals surface area contributed by atoms with Gasteiger partial charge in [0.05, 0.1) is 15.9 Å². The topological polar surface area (TPSA) is 52.0 Å². The van der Waals surface area contributed by atoms with Crippen LogP contribution in [0.3, 0.4) is 0 Å². The van der Waals surface area contributed by atoms with Crippen LogP contribution in [0.1, 0.15) is 10.7 Å². The quantitative estimate of drug-likeness (QED) is 0.514. The highest BCUT2D eigenvalue weighted by Crippen LogP contribution is 2.26. The first-order valence-electron chi connectivity index (χ1n) is 7.55. The van der Waals surface area contributed by atoms with Crippen molar-refractivity contribution in [3.05, 3.63) is 81.8 Å². The van der Waals surface area contributed by atoms with Gasteiger partial charge in [-0.1, -0.05) is 29.8 Å². The zero-order chi connectivity index (χ0) is 17.4. The summed E-state index contributed by atoms with van der Waals surface area (Å²) in [5, 5.41) is 2.46. The van der Waals surface area contributed by atoms with Gasteiger partial charge in [0, 0.05) is 16.3 Å². The van der Waals surface area contributed by atoms with E-state index in [-0.39, 0.29) is 4.90 Å². The molecule has 4 nitrogen and oxygen atoms in total. The Morgan fingerprint density at radius 3 is 2.48 bits per heavy atom. The van der Waals surface area contributed by atoms with Crippen LogP contribution in [0.25, 0.3) is 11.0 Å². The molecule has 0 N–H and O–H groups in total. The Hall–Kier alpha value is -2.15. The lowest BCUT2D eigenvalue weighted by Gasteiger charge is -2.10. The van der Waals surface area contributed by atoms with E-state index in [4.69, 9.17) is 11.6 Å². The van der Waals surface area contributed by atoms with Crippen molar-refractivity contribution in [2.24, 2.45) is 0 Å². The van der Waals surface area contributed by atoms with Crippen molar-refractivity contribution in [1.82, 2.24) is 8.96 Å². The normalized spacial score (nSPS) is 11.9. The molecule has 0 amide bonds. The molecular weight excluding hydrogens is 376 g/mol. The lowest BCUT2D eigenvalue weighted by atomic mass is 10.3. The van der Waals surface area contributed by atoms with Gasteiger partial charge in [0.2, 0.25) is 0 Å². The summed E-state index contributed by atoms with van der Waals surface area (Å²) in [6.45, 7) is 0.